The van der Waals surface area contributed by atoms with Crippen LogP contribution in [-0.4, -0.2) is 17.0 Å². The molecule has 0 spiro atoms. The number of amides is 1. The molecule has 0 aliphatic heterocycles. The predicted octanol–water partition coefficient (Wildman–Crippen LogP) is 3.38. The summed E-state index contributed by atoms with van der Waals surface area (Å²) < 4.78 is 0. The van der Waals surface area contributed by atoms with Gasteiger partial charge in [0.25, 0.3) is 0 Å². The van der Waals surface area contributed by atoms with Crippen LogP contribution in [-0.2, 0) is 11.2 Å². The first-order valence-electron chi connectivity index (χ1n) is 6.20. The Morgan fingerprint density at radius 3 is 2.39 bits per heavy atom. The van der Waals surface area contributed by atoms with E-state index in [0.29, 0.717) is 5.00 Å². The van der Waals surface area contributed by atoms with Gasteiger partial charge in [-0.25, -0.2) is 4.79 Å². The lowest BCUT2D eigenvalue weighted by molar-refractivity contribution is -0.120. The molecule has 1 heterocycles. The number of carbonyl (C=O) groups excluding carboxylic acids is 1. The van der Waals surface area contributed by atoms with Gasteiger partial charge in [-0.2, -0.15) is 0 Å². The molecule has 0 radical (unpaired) electrons. The molecule has 0 saturated heterocycles. The molecule has 0 aromatic carbocycles. The molecule has 1 aromatic rings. The fraction of sp³-hybridized carbons (Fsp3) is 0.538. The zero-order chi connectivity index (χ0) is 13.7. The van der Waals surface area contributed by atoms with Gasteiger partial charge in [0.15, 0.2) is 0 Å². The van der Waals surface area contributed by atoms with Gasteiger partial charge in [-0.3, -0.25) is 4.79 Å². The second-order valence-corrected chi connectivity index (χ2v) is 5.25. The predicted molar refractivity (Wildman–Crippen MR) is 73.4 cm³/mol. The summed E-state index contributed by atoms with van der Waals surface area (Å²) >= 11 is 1.34. The van der Waals surface area contributed by atoms with E-state index in [1.165, 1.54) is 11.3 Å². The van der Waals surface area contributed by atoms with E-state index >= 15 is 0 Å². The third-order valence-electron chi connectivity index (χ3n) is 2.96. The molecule has 1 amide bonds. The highest BCUT2D eigenvalue weighted by molar-refractivity contribution is 7.16. The van der Waals surface area contributed by atoms with Crippen LogP contribution in [0.1, 0.15) is 48.8 Å². The molecule has 2 N–H and O–H groups in total. The number of hydrogen-bond donors (Lipinski definition) is 2. The molecule has 0 bridgehead atoms. The quantitative estimate of drug-likeness (QED) is 0.832. The summed E-state index contributed by atoms with van der Waals surface area (Å²) in [5.74, 6) is -1.14. The third kappa shape index (κ3) is 3.32. The number of aryl methyl sites for hydroxylation is 1. The number of thiophene rings is 1. The van der Waals surface area contributed by atoms with Crippen molar-refractivity contribution in [3.63, 3.8) is 0 Å². The standard InChI is InChI=1S/C13H19NO3S/c1-4-8(5-2)11(15)14-12-10(13(16)17)7-9(6-3)18-12/h7-8H,4-6H2,1-3H3,(H,14,15)(H,16,17). The molecule has 0 saturated carbocycles. The van der Waals surface area contributed by atoms with Crippen molar-refractivity contribution in [3.8, 4) is 0 Å². The normalized spacial score (nSPS) is 10.7. The summed E-state index contributed by atoms with van der Waals surface area (Å²) in [6.07, 6.45) is 2.29. The minimum atomic E-state index is -0.995. The number of anilines is 1. The Hall–Kier alpha value is -1.36. The van der Waals surface area contributed by atoms with Crippen LogP contribution in [0.15, 0.2) is 6.07 Å². The van der Waals surface area contributed by atoms with Crippen molar-refractivity contribution in [2.24, 2.45) is 5.92 Å². The molecule has 0 fully saturated rings. The van der Waals surface area contributed by atoms with Crippen LogP contribution >= 0.6 is 11.3 Å². The lowest BCUT2D eigenvalue weighted by Gasteiger charge is -2.11. The zero-order valence-electron chi connectivity index (χ0n) is 10.9. The monoisotopic (exact) mass is 269 g/mol. The smallest absolute Gasteiger partial charge is 0.338 e. The first kappa shape index (κ1) is 14.7. The molecule has 100 valence electrons. The molecule has 0 aliphatic carbocycles. The van der Waals surface area contributed by atoms with E-state index in [9.17, 15) is 9.59 Å². The van der Waals surface area contributed by atoms with E-state index in [4.69, 9.17) is 5.11 Å². The van der Waals surface area contributed by atoms with Crippen LogP contribution in [0.4, 0.5) is 5.00 Å². The maximum Gasteiger partial charge on any atom is 0.338 e. The number of carbonyl (C=O) groups is 2. The Kier molecular flexibility index (Phi) is 5.34. The number of hydrogen-bond acceptors (Lipinski definition) is 3. The van der Waals surface area contributed by atoms with Gasteiger partial charge in [0.1, 0.15) is 5.00 Å². The lowest BCUT2D eigenvalue weighted by atomic mass is 10.0. The van der Waals surface area contributed by atoms with Gasteiger partial charge in [-0.1, -0.05) is 20.8 Å². The molecule has 0 aliphatic rings. The SMILES string of the molecule is CCc1cc(C(=O)O)c(NC(=O)C(CC)CC)s1. The van der Waals surface area contributed by atoms with Crippen molar-refractivity contribution in [2.75, 3.05) is 5.32 Å². The number of rotatable bonds is 6. The average Bonchev–Trinajstić information content (AvgIpc) is 2.74. The van der Waals surface area contributed by atoms with Crippen LogP contribution in [0.2, 0.25) is 0 Å². The summed E-state index contributed by atoms with van der Waals surface area (Å²) in [7, 11) is 0. The number of aromatic carboxylic acids is 1. The van der Waals surface area contributed by atoms with Crippen LogP contribution in [0.25, 0.3) is 0 Å². The highest BCUT2D eigenvalue weighted by Gasteiger charge is 2.20. The maximum absolute atomic E-state index is 11.9. The Balaban J connectivity index is 2.92. The highest BCUT2D eigenvalue weighted by atomic mass is 32.1. The zero-order valence-corrected chi connectivity index (χ0v) is 11.8. The number of carboxylic acids is 1. The van der Waals surface area contributed by atoms with Crippen molar-refractivity contribution in [1.29, 1.82) is 0 Å². The second kappa shape index (κ2) is 6.54. The molecule has 5 heteroatoms. The fourth-order valence-corrected chi connectivity index (χ4v) is 2.73. The summed E-state index contributed by atoms with van der Waals surface area (Å²) in [6.45, 7) is 5.87. The van der Waals surface area contributed by atoms with E-state index in [1.807, 2.05) is 20.8 Å². The Bertz CT molecular complexity index is 435. The molecule has 0 unspecified atom stereocenters. The Morgan fingerprint density at radius 1 is 1.33 bits per heavy atom. The average molecular weight is 269 g/mol. The summed E-state index contributed by atoms with van der Waals surface area (Å²) in [4.78, 5) is 24.0. The van der Waals surface area contributed by atoms with Crippen molar-refractivity contribution < 1.29 is 14.7 Å². The summed E-state index contributed by atoms with van der Waals surface area (Å²) in [5.41, 5.74) is 0.191. The van der Waals surface area contributed by atoms with E-state index < -0.39 is 5.97 Å². The van der Waals surface area contributed by atoms with E-state index in [0.717, 1.165) is 24.1 Å². The van der Waals surface area contributed by atoms with E-state index in [1.54, 1.807) is 6.07 Å². The molecule has 18 heavy (non-hydrogen) atoms. The molecular weight excluding hydrogens is 250 g/mol. The van der Waals surface area contributed by atoms with Crippen molar-refractivity contribution in [2.45, 2.75) is 40.0 Å². The molecular formula is C13H19NO3S. The molecule has 4 nitrogen and oxygen atoms in total. The summed E-state index contributed by atoms with van der Waals surface area (Å²) in [6, 6.07) is 1.63. The van der Waals surface area contributed by atoms with Gasteiger partial charge in [0.05, 0.1) is 5.56 Å². The van der Waals surface area contributed by atoms with Gasteiger partial charge >= 0.3 is 5.97 Å². The largest absolute Gasteiger partial charge is 0.478 e. The van der Waals surface area contributed by atoms with Gasteiger partial charge in [-0.15, -0.1) is 11.3 Å². The Morgan fingerprint density at radius 2 is 1.94 bits per heavy atom. The lowest BCUT2D eigenvalue weighted by Crippen LogP contribution is -2.22. The van der Waals surface area contributed by atoms with E-state index in [2.05, 4.69) is 5.32 Å². The van der Waals surface area contributed by atoms with Crippen molar-refractivity contribution in [1.82, 2.24) is 0 Å². The maximum atomic E-state index is 11.9. The number of nitrogens with one attached hydrogen (secondary N) is 1. The minimum absolute atomic E-state index is 0.0566. The van der Waals surface area contributed by atoms with Gasteiger partial charge in [0, 0.05) is 10.8 Å². The topological polar surface area (TPSA) is 66.4 Å². The molecule has 1 rings (SSSR count). The molecule has 0 atom stereocenters. The van der Waals surface area contributed by atoms with Crippen LogP contribution in [0, 0.1) is 5.92 Å². The van der Waals surface area contributed by atoms with Crippen LogP contribution in [0.3, 0.4) is 0 Å². The van der Waals surface area contributed by atoms with Gasteiger partial charge in [0.2, 0.25) is 5.91 Å². The second-order valence-electron chi connectivity index (χ2n) is 4.12. The van der Waals surface area contributed by atoms with Crippen molar-refractivity contribution in [3.05, 3.63) is 16.5 Å². The first-order valence-corrected chi connectivity index (χ1v) is 7.01. The molecule has 1 aromatic heterocycles. The Labute approximate surface area is 111 Å². The van der Waals surface area contributed by atoms with Gasteiger partial charge < -0.3 is 10.4 Å². The summed E-state index contributed by atoms with van der Waals surface area (Å²) in [5, 5.41) is 12.3. The number of carboxylic acid groups (broad SMARTS) is 1. The minimum Gasteiger partial charge on any atom is -0.478 e. The highest BCUT2D eigenvalue weighted by Crippen LogP contribution is 2.29. The van der Waals surface area contributed by atoms with Gasteiger partial charge in [-0.05, 0) is 25.3 Å². The van der Waals surface area contributed by atoms with Crippen LogP contribution < -0.4 is 5.32 Å². The first-order chi connectivity index (χ1) is 8.53. The fourth-order valence-electron chi connectivity index (χ4n) is 1.74. The van der Waals surface area contributed by atoms with Crippen LogP contribution in [0.5, 0.6) is 0 Å². The van der Waals surface area contributed by atoms with E-state index in [-0.39, 0.29) is 17.4 Å². The third-order valence-corrected chi connectivity index (χ3v) is 4.15. The van der Waals surface area contributed by atoms with Crippen molar-refractivity contribution >= 4 is 28.2 Å².